The van der Waals surface area contributed by atoms with Crippen LogP contribution < -0.4 is 0 Å². The van der Waals surface area contributed by atoms with Crippen LogP contribution in [0.15, 0.2) is 6.07 Å². The number of piperidine rings is 1. The summed E-state index contributed by atoms with van der Waals surface area (Å²) in [6.07, 6.45) is 3.83. The largest absolute Gasteiger partial charge is 0.343 e. The molecule has 2 fully saturated rings. The van der Waals surface area contributed by atoms with Crippen LogP contribution in [0.5, 0.6) is 0 Å². The van der Waals surface area contributed by atoms with Crippen molar-refractivity contribution < 1.29 is 9.59 Å². The Morgan fingerprint density at radius 3 is 2.44 bits per heavy atom. The lowest BCUT2D eigenvalue weighted by atomic mass is 9.77. The molecular weight excluding hydrogens is 316 g/mol. The van der Waals surface area contributed by atoms with Crippen molar-refractivity contribution in [1.29, 1.82) is 0 Å². The van der Waals surface area contributed by atoms with Gasteiger partial charge in [0.25, 0.3) is 5.91 Å². The van der Waals surface area contributed by atoms with Gasteiger partial charge in [-0.15, -0.1) is 0 Å². The minimum Gasteiger partial charge on any atom is -0.343 e. The molecule has 1 atom stereocenters. The summed E-state index contributed by atoms with van der Waals surface area (Å²) in [7, 11) is 0. The van der Waals surface area contributed by atoms with Gasteiger partial charge in [0, 0.05) is 38.0 Å². The highest BCUT2D eigenvalue weighted by molar-refractivity contribution is 5.92. The second kappa shape index (κ2) is 6.73. The second-order valence-corrected chi connectivity index (χ2v) is 7.74. The van der Waals surface area contributed by atoms with E-state index >= 15 is 0 Å². The first kappa shape index (κ1) is 17.8. The fourth-order valence-corrected chi connectivity index (χ4v) is 3.94. The van der Waals surface area contributed by atoms with Crippen LogP contribution in [0.2, 0.25) is 0 Å². The molecule has 0 spiro atoms. The van der Waals surface area contributed by atoms with Gasteiger partial charge in [0.15, 0.2) is 0 Å². The van der Waals surface area contributed by atoms with Gasteiger partial charge >= 0.3 is 0 Å². The van der Waals surface area contributed by atoms with Crippen LogP contribution in [0.3, 0.4) is 0 Å². The highest BCUT2D eigenvalue weighted by Gasteiger charge is 2.35. The molecule has 2 aliphatic rings. The molecule has 0 unspecified atom stereocenters. The summed E-state index contributed by atoms with van der Waals surface area (Å²) in [6.45, 7) is 10.0. The number of carbonyl (C=O) groups is 2. The van der Waals surface area contributed by atoms with Crippen molar-refractivity contribution in [1.82, 2.24) is 19.8 Å². The molecule has 2 saturated heterocycles. The van der Waals surface area contributed by atoms with Gasteiger partial charge in [-0.05, 0) is 45.6 Å². The first-order valence-electron chi connectivity index (χ1n) is 9.23. The van der Waals surface area contributed by atoms with Crippen molar-refractivity contribution in [2.45, 2.75) is 64.8 Å². The SMILES string of the molecule is CC(=O)N1CCC(C)(c2cc(C(=O)N3CCC[C@H]3C)nc(C)n2)CC1. The van der Waals surface area contributed by atoms with Gasteiger partial charge in [0.1, 0.15) is 11.5 Å². The van der Waals surface area contributed by atoms with E-state index in [1.165, 1.54) is 0 Å². The third-order valence-corrected chi connectivity index (χ3v) is 5.80. The number of hydrogen-bond acceptors (Lipinski definition) is 4. The highest BCUT2D eigenvalue weighted by atomic mass is 16.2. The van der Waals surface area contributed by atoms with Crippen molar-refractivity contribution in [3.05, 3.63) is 23.3 Å². The molecule has 0 saturated carbocycles. The number of rotatable bonds is 2. The second-order valence-electron chi connectivity index (χ2n) is 7.74. The van der Waals surface area contributed by atoms with Gasteiger partial charge in [-0.2, -0.15) is 0 Å². The number of hydrogen-bond donors (Lipinski definition) is 0. The number of aromatic nitrogens is 2. The van der Waals surface area contributed by atoms with Crippen molar-refractivity contribution in [2.75, 3.05) is 19.6 Å². The summed E-state index contributed by atoms with van der Waals surface area (Å²) >= 11 is 0. The molecule has 136 valence electrons. The van der Waals surface area contributed by atoms with E-state index in [4.69, 9.17) is 0 Å². The molecule has 0 radical (unpaired) electrons. The van der Waals surface area contributed by atoms with Crippen molar-refractivity contribution >= 4 is 11.8 Å². The van der Waals surface area contributed by atoms with E-state index in [1.807, 2.05) is 22.8 Å². The standard InChI is InChI=1S/C19H28N4O2/c1-13-6-5-9-23(13)18(25)16-12-17(21-14(2)20-16)19(4)7-10-22(11-8-19)15(3)24/h12-13H,5-11H2,1-4H3/t13-/m1/s1. The maximum absolute atomic E-state index is 12.9. The van der Waals surface area contributed by atoms with E-state index in [-0.39, 0.29) is 23.3 Å². The van der Waals surface area contributed by atoms with E-state index < -0.39 is 0 Å². The number of carbonyl (C=O) groups excluding carboxylic acids is 2. The average molecular weight is 344 g/mol. The summed E-state index contributed by atoms with van der Waals surface area (Å²) in [6, 6.07) is 2.16. The maximum Gasteiger partial charge on any atom is 0.272 e. The van der Waals surface area contributed by atoms with Crippen molar-refractivity contribution in [3.63, 3.8) is 0 Å². The van der Waals surface area contributed by atoms with Crippen LogP contribution in [0.1, 0.15) is 68.5 Å². The third kappa shape index (κ3) is 3.53. The number of aryl methyl sites for hydroxylation is 1. The maximum atomic E-state index is 12.9. The quantitative estimate of drug-likeness (QED) is 0.826. The summed E-state index contributed by atoms with van der Waals surface area (Å²) in [5.74, 6) is 0.782. The number of nitrogens with zero attached hydrogens (tertiary/aromatic N) is 4. The van der Waals surface area contributed by atoms with E-state index in [2.05, 4.69) is 23.8 Å². The van der Waals surface area contributed by atoms with E-state index in [9.17, 15) is 9.59 Å². The summed E-state index contributed by atoms with van der Waals surface area (Å²) in [5, 5.41) is 0. The fraction of sp³-hybridized carbons (Fsp3) is 0.684. The Bertz CT molecular complexity index is 680. The first-order valence-corrected chi connectivity index (χ1v) is 9.23. The van der Waals surface area contributed by atoms with Crippen LogP contribution in [0, 0.1) is 6.92 Å². The summed E-state index contributed by atoms with van der Waals surface area (Å²) in [4.78, 5) is 37.3. The Kier molecular flexibility index (Phi) is 4.80. The molecule has 0 aromatic carbocycles. The van der Waals surface area contributed by atoms with E-state index in [1.54, 1.807) is 6.92 Å². The Hall–Kier alpha value is -1.98. The molecule has 1 aromatic heterocycles. The minimum absolute atomic E-state index is 0.0153. The highest BCUT2D eigenvalue weighted by Crippen LogP contribution is 2.34. The first-order chi connectivity index (χ1) is 11.8. The zero-order valence-corrected chi connectivity index (χ0v) is 15.7. The lowest BCUT2D eigenvalue weighted by Crippen LogP contribution is -2.43. The molecule has 0 aliphatic carbocycles. The molecule has 3 heterocycles. The summed E-state index contributed by atoms with van der Waals surface area (Å²) < 4.78 is 0. The third-order valence-electron chi connectivity index (χ3n) is 5.80. The molecule has 2 aliphatic heterocycles. The zero-order valence-electron chi connectivity index (χ0n) is 15.7. The molecule has 6 heteroatoms. The van der Waals surface area contributed by atoms with Crippen molar-refractivity contribution in [3.8, 4) is 0 Å². The predicted molar refractivity (Wildman–Crippen MR) is 95.3 cm³/mol. The van der Waals surface area contributed by atoms with Gasteiger partial charge in [-0.1, -0.05) is 6.92 Å². The molecule has 0 N–H and O–H groups in total. The van der Waals surface area contributed by atoms with Gasteiger partial charge in [-0.25, -0.2) is 9.97 Å². The zero-order chi connectivity index (χ0) is 18.2. The summed E-state index contributed by atoms with van der Waals surface area (Å²) in [5.41, 5.74) is 1.32. The topological polar surface area (TPSA) is 66.4 Å². The lowest BCUT2D eigenvalue weighted by Gasteiger charge is -2.39. The van der Waals surface area contributed by atoms with Crippen LogP contribution >= 0.6 is 0 Å². The van der Waals surface area contributed by atoms with Gasteiger partial charge in [0.2, 0.25) is 5.91 Å². The van der Waals surface area contributed by atoms with E-state index in [0.717, 1.165) is 51.0 Å². The Balaban J connectivity index is 1.84. The predicted octanol–water partition coefficient (Wildman–Crippen LogP) is 2.31. The number of amides is 2. The number of likely N-dealkylation sites (tertiary alicyclic amines) is 2. The molecule has 3 rings (SSSR count). The van der Waals surface area contributed by atoms with Crippen LogP contribution in [0.4, 0.5) is 0 Å². The Morgan fingerprint density at radius 2 is 1.88 bits per heavy atom. The smallest absolute Gasteiger partial charge is 0.272 e. The Morgan fingerprint density at radius 1 is 1.20 bits per heavy atom. The van der Waals surface area contributed by atoms with Gasteiger partial charge in [0.05, 0.1) is 5.69 Å². The Labute approximate surface area is 149 Å². The fourth-order valence-electron chi connectivity index (χ4n) is 3.94. The van der Waals surface area contributed by atoms with Crippen LogP contribution in [-0.2, 0) is 10.2 Å². The lowest BCUT2D eigenvalue weighted by molar-refractivity contribution is -0.130. The molecule has 25 heavy (non-hydrogen) atoms. The average Bonchev–Trinajstić information content (AvgIpc) is 3.00. The monoisotopic (exact) mass is 344 g/mol. The molecule has 0 bridgehead atoms. The van der Waals surface area contributed by atoms with Crippen LogP contribution in [-0.4, -0.2) is 57.3 Å². The molecular formula is C19H28N4O2. The van der Waals surface area contributed by atoms with Gasteiger partial charge < -0.3 is 9.80 Å². The van der Waals surface area contributed by atoms with Crippen molar-refractivity contribution in [2.24, 2.45) is 0 Å². The minimum atomic E-state index is -0.120. The normalized spacial score (nSPS) is 23.0. The molecule has 2 amide bonds. The molecule has 1 aromatic rings. The van der Waals surface area contributed by atoms with Gasteiger partial charge in [-0.3, -0.25) is 9.59 Å². The van der Waals surface area contributed by atoms with E-state index in [0.29, 0.717) is 11.5 Å². The van der Waals surface area contributed by atoms with Crippen LogP contribution in [0.25, 0.3) is 0 Å². The molecule has 6 nitrogen and oxygen atoms in total.